The zero-order valence-electron chi connectivity index (χ0n) is 20.2. The fourth-order valence-electron chi connectivity index (χ4n) is 3.68. The molecule has 0 unspecified atom stereocenters. The monoisotopic (exact) mass is 454 g/mol. The van der Waals surface area contributed by atoms with Crippen LogP contribution in [0.3, 0.4) is 0 Å². The van der Waals surface area contributed by atoms with Gasteiger partial charge in [0, 0.05) is 16.7 Å². The van der Waals surface area contributed by atoms with E-state index in [1.807, 2.05) is 31.2 Å². The predicted octanol–water partition coefficient (Wildman–Crippen LogP) is 8.23. The molecule has 0 nitrogen and oxygen atoms in total. The van der Waals surface area contributed by atoms with E-state index in [2.05, 4.69) is 54.9 Å². The highest BCUT2D eigenvalue weighted by atomic mass is 19.2. The topological polar surface area (TPSA) is 0 Å². The van der Waals surface area contributed by atoms with Crippen molar-refractivity contribution in [3.63, 3.8) is 0 Å². The van der Waals surface area contributed by atoms with Gasteiger partial charge in [0.05, 0.1) is 5.56 Å². The van der Waals surface area contributed by atoms with Crippen molar-refractivity contribution in [1.82, 2.24) is 0 Å². The minimum Gasteiger partial charge on any atom is -0.203 e. The second-order valence-electron chi connectivity index (χ2n) is 8.59. The summed E-state index contributed by atoms with van der Waals surface area (Å²) >= 11 is 0. The quantitative estimate of drug-likeness (QED) is 0.237. The Hall–Kier alpha value is -3.36. The highest BCUT2D eigenvalue weighted by Crippen LogP contribution is 2.18. The second kappa shape index (κ2) is 13.4. The van der Waals surface area contributed by atoms with E-state index in [1.165, 1.54) is 31.2 Å². The van der Waals surface area contributed by atoms with Gasteiger partial charge in [0.1, 0.15) is 0 Å². The van der Waals surface area contributed by atoms with Crippen LogP contribution in [-0.4, -0.2) is 0 Å². The molecule has 0 radical (unpaired) electrons. The standard InChI is InChI=1S/C32H32F2/c1-3-5-7-8-9-25-11-13-26(14-12-25)15-16-27-17-19-28(20-18-27)21-22-30-24-23-29(10-6-4-2)31(33)32(30)34/h11-14,17-20,23-24H,3-10H2,1-2H3. The summed E-state index contributed by atoms with van der Waals surface area (Å²) in [4.78, 5) is 0. The first-order chi connectivity index (χ1) is 16.6. The van der Waals surface area contributed by atoms with Gasteiger partial charge < -0.3 is 0 Å². The first-order valence-corrected chi connectivity index (χ1v) is 12.3. The lowest BCUT2D eigenvalue weighted by Gasteiger charge is -2.04. The van der Waals surface area contributed by atoms with Crippen LogP contribution in [0, 0.1) is 35.3 Å². The van der Waals surface area contributed by atoms with Crippen molar-refractivity contribution in [2.75, 3.05) is 0 Å². The molecule has 3 rings (SSSR count). The highest BCUT2D eigenvalue weighted by Gasteiger charge is 2.11. The van der Waals surface area contributed by atoms with E-state index in [1.54, 1.807) is 12.1 Å². The molecule has 34 heavy (non-hydrogen) atoms. The zero-order valence-corrected chi connectivity index (χ0v) is 20.2. The van der Waals surface area contributed by atoms with Gasteiger partial charge in [0.15, 0.2) is 11.6 Å². The van der Waals surface area contributed by atoms with Gasteiger partial charge >= 0.3 is 0 Å². The minimum atomic E-state index is -0.865. The average Bonchev–Trinajstić information content (AvgIpc) is 2.87. The number of halogens is 2. The SMILES string of the molecule is CCCCCCc1ccc(C#Cc2ccc(C#Cc3ccc(CCCC)c(F)c3F)cc2)cc1. The van der Waals surface area contributed by atoms with Gasteiger partial charge in [0.2, 0.25) is 0 Å². The lowest BCUT2D eigenvalue weighted by molar-refractivity contribution is 0.495. The predicted molar refractivity (Wildman–Crippen MR) is 138 cm³/mol. The van der Waals surface area contributed by atoms with Crippen molar-refractivity contribution < 1.29 is 8.78 Å². The third-order valence-electron chi connectivity index (χ3n) is 5.81. The summed E-state index contributed by atoms with van der Waals surface area (Å²) in [6, 6.07) is 19.1. The molecule has 0 spiro atoms. The maximum atomic E-state index is 14.3. The Kier molecular flexibility index (Phi) is 9.94. The summed E-state index contributed by atoms with van der Waals surface area (Å²) < 4.78 is 28.6. The van der Waals surface area contributed by atoms with Crippen molar-refractivity contribution in [2.24, 2.45) is 0 Å². The molecular weight excluding hydrogens is 422 g/mol. The fourth-order valence-corrected chi connectivity index (χ4v) is 3.68. The van der Waals surface area contributed by atoms with Gasteiger partial charge in [0.25, 0.3) is 0 Å². The average molecular weight is 455 g/mol. The van der Waals surface area contributed by atoms with Gasteiger partial charge in [-0.2, -0.15) is 0 Å². The minimum absolute atomic E-state index is 0.0791. The van der Waals surface area contributed by atoms with E-state index >= 15 is 0 Å². The Labute approximate surface area is 203 Å². The molecule has 0 saturated heterocycles. The molecular formula is C32H32F2. The summed E-state index contributed by atoms with van der Waals surface area (Å²) in [5.74, 6) is 10.4. The molecule has 0 aliphatic rings. The third-order valence-corrected chi connectivity index (χ3v) is 5.81. The van der Waals surface area contributed by atoms with E-state index in [4.69, 9.17) is 0 Å². The second-order valence-corrected chi connectivity index (χ2v) is 8.59. The fraction of sp³-hybridized carbons (Fsp3) is 0.312. The molecule has 0 amide bonds. The first kappa shape index (κ1) is 25.3. The van der Waals surface area contributed by atoms with E-state index in [0.717, 1.165) is 36.0 Å². The normalized spacial score (nSPS) is 10.2. The van der Waals surface area contributed by atoms with E-state index in [0.29, 0.717) is 12.0 Å². The van der Waals surface area contributed by atoms with Gasteiger partial charge in [-0.15, -0.1) is 0 Å². The molecule has 0 saturated carbocycles. The van der Waals surface area contributed by atoms with Crippen molar-refractivity contribution in [3.8, 4) is 23.7 Å². The molecule has 0 N–H and O–H groups in total. The summed E-state index contributed by atoms with van der Waals surface area (Å²) in [6.07, 6.45) is 8.52. The van der Waals surface area contributed by atoms with E-state index in [9.17, 15) is 8.78 Å². The van der Waals surface area contributed by atoms with Crippen molar-refractivity contribution in [2.45, 2.75) is 65.2 Å². The lowest BCUT2D eigenvalue weighted by Crippen LogP contribution is -1.97. The summed E-state index contributed by atoms with van der Waals surface area (Å²) in [5, 5.41) is 0. The van der Waals surface area contributed by atoms with Gasteiger partial charge in [-0.3, -0.25) is 0 Å². The van der Waals surface area contributed by atoms with Gasteiger partial charge in [-0.1, -0.05) is 81.4 Å². The Bertz CT molecular complexity index is 1180. The maximum Gasteiger partial charge on any atom is 0.174 e. The van der Waals surface area contributed by atoms with E-state index in [-0.39, 0.29) is 5.56 Å². The summed E-state index contributed by atoms with van der Waals surface area (Å²) in [6.45, 7) is 4.25. The summed E-state index contributed by atoms with van der Waals surface area (Å²) in [5.41, 5.74) is 4.45. The number of benzene rings is 3. The van der Waals surface area contributed by atoms with Crippen LogP contribution in [0.5, 0.6) is 0 Å². The number of hydrogen-bond donors (Lipinski definition) is 0. The zero-order chi connectivity index (χ0) is 24.2. The van der Waals surface area contributed by atoms with Crippen LogP contribution in [0.1, 0.15) is 85.8 Å². The third kappa shape index (κ3) is 7.60. The first-order valence-electron chi connectivity index (χ1n) is 12.3. The van der Waals surface area contributed by atoms with Crippen LogP contribution in [0.2, 0.25) is 0 Å². The van der Waals surface area contributed by atoms with Crippen LogP contribution in [0.4, 0.5) is 8.78 Å². The molecule has 2 heteroatoms. The molecule has 174 valence electrons. The Morgan fingerprint density at radius 1 is 0.529 bits per heavy atom. The smallest absolute Gasteiger partial charge is 0.174 e. The molecule has 3 aromatic rings. The molecule has 0 heterocycles. The molecule has 0 aliphatic carbocycles. The van der Waals surface area contributed by atoms with Crippen LogP contribution in [0.25, 0.3) is 0 Å². The molecule has 3 aromatic carbocycles. The number of rotatable bonds is 8. The number of unbranched alkanes of at least 4 members (excludes halogenated alkanes) is 4. The van der Waals surface area contributed by atoms with Crippen molar-refractivity contribution in [1.29, 1.82) is 0 Å². The lowest BCUT2D eigenvalue weighted by atomic mass is 10.0. The van der Waals surface area contributed by atoms with Crippen LogP contribution < -0.4 is 0 Å². The Balaban J connectivity index is 1.61. The van der Waals surface area contributed by atoms with Gasteiger partial charge in [-0.25, -0.2) is 8.78 Å². The van der Waals surface area contributed by atoms with Crippen LogP contribution in [0.15, 0.2) is 60.7 Å². The maximum absolute atomic E-state index is 14.3. The van der Waals surface area contributed by atoms with E-state index < -0.39 is 11.6 Å². The Morgan fingerprint density at radius 2 is 1.09 bits per heavy atom. The molecule has 0 bridgehead atoms. The van der Waals surface area contributed by atoms with Gasteiger partial charge in [-0.05, 0) is 79.3 Å². The number of aryl methyl sites for hydroxylation is 2. The van der Waals surface area contributed by atoms with Crippen molar-refractivity contribution >= 4 is 0 Å². The Morgan fingerprint density at radius 3 is 1.68 bits per heavy atom. The van der Waals surface area contributed by atoms with Crippen molar-refractivity contribution in [3.05, 3.63) is 106 Å². The van der Waals surface area contributed by atoms with Crippen LogP contribution in [-0.2, 0) is 12.8 Å². The number of hydrogen-bond acceptors (Lipinski definition) is 0. The molecule has 0 aliphatic heterocycles. The molecule has 0 fully saturated rings. The van der Waals surface area contributed by atoms with Crippen LogP contribution >= 0.6 is 0 Å². The highest BCUT2D eigenvalue weighted by molar-refractivity contribution is 5.48. The largest absolute Gasteiger partial charge is 0.203 e. The summed E-state index contributed by atoms with van der Waals surface area (Å²) in [7, 11) is 0. The molecule has 0 aromatic heterocycles. The molecule has 0 atom stereocenters.